The highest BCUT2D eigenvalue weighted by molar-refractivity contribution is 6.31. The number of hydrogen-bond acceptors (Lipinski definition) is 6. The summed E-state index contributed by atoms with van der Waals surface area (Å²) in [4.78, 5) is 23.0. The maximum Gasteiger partial charge on any atom is 0.270 e. The second kappa shape index (κ2) is 9.32. The van der Waals surface area contributed by atoms with Crippen molar-refractivity contribution in [2.45, 2.75) is 44.2 Å². The number of nitrogens with zero attached hydrogens (tertiary/aromatic N) is 1. The summed E-state index contributed by atoms with van der Waals surface area (Å²) in [5, 5.41) is 25.0. The van der Waals surface area contributed by atoms with Gasteiger partial charge in [0.2, 0.25) is 0 Å². The Bertz CT molecular complexity index is 958. The molecule has 1 fully saturated rings. The van der Waals surface area contributed by atoms with E-state index >= 15 is 0 Å². The van der Waals surface area contributed by atoms with Crippen LogP contribution in [0, 0.1) is 10.1 Å². The van der Waals surface area contributed by atoms with Crippen molar-refractivity contribution in [3.8, 4) is 5.75 Å². The van der Waals surface area contributed by atoms with Crippen LogP contribution in [-0.4, -0.2) is 35.2 Å². The van der Waals surface area contributed by atoms with E-state index in [-0.39, 0.29) is 29.8 Å². The van der Waals surface area contributed by atoms with Gasteiger partial charge in [-0.05, 0) is 55.0 Å². The average Bonchev–Trinajstić information content (AvgIpc) is 2.71. The number of rotatable bonds is 7. The summed E-state index contributed by atoms with van der Waals surface area (Å²) in [6.07, 6.45) is 2.65. The number of aliphatic hydroxyl groups is 1. The molecule has 0 radical (unpaired) electrons. The van der Waals surface area contributed by atoms with Gasteiger partial charge in [-0.15, -0.1) is 0 Å². The van der Waals surface area contributed by atoms with Gasteiger partial charge in [0.25, 0.3) is 11.6 Å². The van der Waals surface area contributed by atoms with Gasteiger partial charge in [0.15, 0.2) is 0 Å². The van der Waals surface area contributed by atoms with E-state index in [1.54, 1.807) is 18.2 Å². The fraction of sp³-hybridized carbons (Fsp3) is 0.381. The molecule has 0 atom stereocenters. The van der Waals surface area contributed by atoms with Crippen molar-refractivity contribution < 1.29 is 19.6 Å². The summed E-state index contributed by atoms with van der Waals surface area (Å²) in [6.45, 7) is 0. The number of halogens is 1. The molecular weight excluding hydrogens is 410 g/mol. The highest BCUT2D eigenvalue weighted by Crippen LogP contribution is 2.34. The lowest BCUT2D eigenvalue weighted by Crippen LogP contribution is -2.30. The van der Waals surface area contributed by atoms with Gasteiger partial charge in [-0.2, -0.15) is 0 Å². The zero-order valence-electron chi connectivity index (χ0n) is 16.6. The van der Waals surface area contributed by atoms with Crippen LogP contribution in [0.25, 0.3) is 0 Å². The van der Waals surface area contributed by atoms with Crippen LogP contribution in [0.1, 0.15) is 47.2 Å². The number of nitrogens with one attached hydrogen (secondary N) is 1. The predicted octanol–water partition coefficient (Wildman–Crippen LogP) is 3.66. The van der Waals surface area contributed by atoms with Crippen LogP contribution in [0.3, 0.4) is 0 Å². The Morgan fingerprint density at radius 1 is 1.27 bits per heavy atom. The second-order valence-electron chi connectivity index (χ2n) is 7.43. The van der Waals surface area contributed by atoms with Crippen molar-refractivity contribution in [3.63, 3.8) is 0 Å². The first-order valence-electron chi connectivity index (χ1n) is 9.66. The van der Waals surface area contributed by atoms with E-state index < -0.39 is 10.8 Å². The molecule has 0 unspecified atom stereocenters. The number of nitro benzene ring substituents is 1. The zero-order valence-corrected chi connectivity index (χ0v) is 17.3. The maximum absolute atomic E-state index is 12.1. The predicted molar refractivity (Wildman–Crippen MR) is 114 cm³/mol. The first-order valence-corrected chi connectivity index (χ1v) is 10.0. The van der Waals surface area contributed by atoms with E-state index in [1.165, 1.54) is 19.2 Å². The Balaban J connectivity index is 2.06. The van der Waals surface area contributed by atoms with Crippen LogP contribution in [-0.2, 0) is 6.42 Å². The van der Waals surface area contributed by atoms with Gasteiger partial charge in [-0.25, -0.2) is 0 Å². The molecule has 1 amide bonds. The van der Waals surface area contributed by atoms with Crippen molar-refractivity contribution in [2.24, 2.45) is 5.73 Å². The van der Waals surface area contributed by atoms with Crippen LogP contribution in [0.2, 0.25) is 5.02 Å². The molecule has 8 nitrogen and oxygen atoms in total. The van der Waals surface area contributed by atoms with Crippen molar-refractivity contribution in [1.82, 2.24) is 0 Å². The number of anilines is 1. The molecule has 0 saturated heterocycles. The molecule has 0 aromatic heterocycles. The molecule has 160 valence electrons. The summed E-state index contributed by atoms with van der Waals surface area (Å²) in [5.74, 6) is -0.152. The smallest absolute Gasteiger partial charge is 0.270 e. The molecule has 0 heterocycles. The van der Waals surface area contributed by atoms with Crippen LogP contribution in [0.15, 0.2) is 30.3 Å². The van der Waals surface area contributed by atoms with Crippen molar-refractivity contribution in [1.29, 1.82) is 0 Å². The monoisotopic (exact) mass is 433 g/mol. The number of hydrogen-bond donors (Lipinski definition) is 3. The van der Waals surface area contributed by atoms with Crippen LogP contribution in [0.4, 0.5) is 11.4 Å². The topological polar surface area (TPSA) is 128 Å². The number of non-ortho nitro benzene ring substituents is 1. The van der Waals surface area contributed by atoms with Gasteiger partial charge in [0.1, 0.15) is 5.75 Å². The van der Waals surface area contributed by atoms with Gasteiger partial charge < -0.3 is 20.9 Å². The number of nitrogens with two attached hydrogens (primary N) is 1. The number of amides is 1. The van der Waals surface area contributed by atoms with Crippen molar-refractivity contribution in [2.75, 3.05) is 12.4 Å². The largest absolute Gasteiger partial charge is 0.497 e. The second-order valence-corrected chi connectivity index (χ2v) is 7.84. The third-order valence-electron chi connectivity index (χ3n) is 5.36. The molecule has 2 aromatic rings. The molecule has 1 saturated carbocycles. The fourth-order valence-corrected chi connectivity index (χ4v) is 3.92. The summed E-state index contributed by atoms with van der Waals surface area (Å²) in [7, 11) is 1.54. The summed E-state index contributed by atoms with van der Waals surface area (Å²) in [6, 6.07) is 7.82. The van der Waals surface area contributed by atoms with Gasteiger partial charge in [0.05, 0.1) is 29.4 Å². The summed E-state index contributed by atoms with van der Waals surface area (Å²) in [5.41, 5.74) is 7.11. The minimum absolute atomic E-state index is 0.0208. The van der Waals surface area contributed by atoms with Gasteiger partial charge in [0, 0.05) is 29.6 Å². The van der Waals surface area contributed by atoms with Crippen molar-refractivity contribution in [3.05, 3.63) is 62.2 Å². The molecule has 30 heavy (non-hydrogen) atoms. The van der Waals surface area contributed by atoms with E-state index in [9.17, 15) is 20.0 Å². The standard InChI is InChI=1S/C21H24ClN3O5/c1-30-17-6-7-19(22)12(10-17)8-13-9-15(25(28)29)11-18(21(23)27)20(13)24-14-2-4-16(26)5-3-14/h6-7,9-11,14,16,24,26H,2-5,8H2,1H3,(H2,23,27). The van der Waals surface area contributed by atoms with Gasteiger partial charge >= 0.3 is 0 Å². The van der Waals surface area contributed by atoms with E-state index in [4.69, 9.17) is 22.1 Å². The first-order chi connectivity index (χ1) is 14.3. The highest BCUT2D eigenvalue weighted by atomic mass is 35.5. The quantitative estimate of drug-likeness (QED) is 0.451. The Kier molecular flexibility index (Phi) is 6.79. The minimum Gasteiger partial charge on any atom is -0.497 e. The molecule has 1 aliphatic carbocycles. The van der Waals surface area contributed by atoms with Crippen LogP contribution < -0.4 is 15.8 Å². The lowest BCUT2D eigenvalue weighted by atomic mass is 9.91. The van der Waals surface area contributed by atoms with E-state index in [0.29, 0.717) is 40.4 Å². The number of carbonyl (C=O) groups is 1. The molecular formula is C21H24ClN3O5. The average molecular weight is 434 g/mol. The molecule has 0 aliphatic heterocycles. The highest BCUT2D eigenvalue weighted by Gasteiger charge is 2.25. The third kappa shape index (κ3) is 5.01. The molecule has 1 aliphatic rings. The number of aliphatic hydroxyl groups excluding tert-OH is 1. The fourth-order valence-electron chi connectivity index (χ4n) is 3.74. The number of ether oxygens (including phenoxy) is 1. The number of benzene rings is 2. The third-order valence-corrected chi connectivity index (χ3v) is 5.73. The normalized spacial score (nSPS) is 18.6. The van der Waals surface area contributed by atoms with Crippen molar-refractivity contribution >= 4 is 28.9 Å². The minimum atomic E-state index is -0.755. The summed E-state index contributed by atoms with van der Waals surface area (Å²) >= 11 is 6.34. The molecule has 4 N–H and O–H groups in total. The number of methoxy groups -OCH3 is 1. The SMILES string of the molecule is COc1ccc(Cl)c(Cc2cc([N+](=O)[O-])cc(C(N)=O)c2NC2CCC(O)CC2)c1. The number of nitro groups is 1. The Morgan fingerprint density at radius 3 is 2.57 bits per heavy atom. The first kappa shape index (κ1) is 21.9. The lowest BCUT2D eigenvalue weighted by molar-refractivity contribution is -0.384. The molecule has 9 heteroatoms. The number of primary amides is 1. The van der Waals surface area contributed by atoms with E-state index in [1.807, 2.05) is 0 Å². The summed E-state index contributed by atoms with van der Waals surface area (Å²) < 4.78 is 5.25. The lowest BCUT2D eigenvalue weighted by Gasteiger charge is -2.28. The molecule has 3 rings (SSSR count). The zero-order chi connectivity index (χ0) is 21.8. The van der Waals surface area contributed by atoms with Crippen LogP contribution >= 0.6 is 11.6 Å². The maximum atomic E-state index is 12.1. The molecule has 0 bridgehead atoms. The van der Waals surface area contributed by atoms with E-state index in [2.05, 4.69) is 5.32 Å². The van der Waals surface area contributed by atoms with Gasteiger partial charge in [-0.1, -0.05) is 11.6 Å². The molecule has 2 aromatic carbocycles. The van der Waals surface area contributed by atoms with Crippen LogP contribution in [0.5, 0.6) is 5.75 Å². The number of carbonyl (C=O) groups excluding carboxylic acids is 1. The van der Waals surface area contributed by atoms with E-state index in [0.717, 1.165) is 12.8 Å². The van der Waals surface area contributed by atoms with Gasteiger partial charge in [-0.3, -0.25) is 14.9 Å². The molecule has 0 spiro atoms. The Morgan fingerprint density at radius 2 is 1.97 bits per heavy atom. The Labute approximate surface area is 179 Å². The Hall–Kier alpha value is -2.84.